The van der Waals surface area contributed by atoms with Crippen LogP contribution in [0.4, 0.5) is 0 Å². The highest BCUT2D eigenvalue weighted by atomic mass is 32.2. The van der Waals surface area contributed by atoms with Gasteiger partial charge in [-0.05, 0) is 50.3 Å². The van der Waals surface area contributed by atoms with E-state index >= 15 is 0 Å². The van der Waals surface area contributed by atoms with E-state index in [0.717, 1.165) is 16.5 Å². The Labute approximate surface area is 207 Å². The number of rotatable bonds is 13. The third-order valence-electron chi connectivity index (χ3n) is 5.49. The van der Waals surface area contributed by atoms with Crippen molar-refractivity contribution in [2.75, 3.05) is 12.0 Å². The molecule has 192 valence electrons. The molecule has 0 aliphatic rings. The van der Waals surface area contributed by atoms with Gasteiger partial charge in [0.2, 0.25) is 17.7 Å². The van der Waals surface area contributed by atoms with Crippen molar-refractivity contribution < 1.29 is 29.4 Å². The summed E-state index contributed by atoms with van der Waals surface area (Å²) in [6.45, 7) is 2.71. The summed E-state index contributed by atoms with van der Waals surface area (Å²) in [6, 6.07) is 3.17. The maximum atomic E-state index is 12.7. The summed E-state index contributed by atoms with van der Waals surface area (Å²) in [6.07, 6.45) is 2.78. The van der Waals surface area contributed by atoms with Crippen molar-refractivity contribution >= 4 is 46.4 Å². The molecule has 5 unspecified atom stereocenters. The highest BCUT2D eigenvalue weighted by Crippen LogP contribution is 2.18. The molecule has 0 radical (unpaired) electrons. The second kappa shape index (κ2) is 13.1. The smallest absolute Gasteiger partial charge is 0.328 e. The molecule has 2 aromatic rings. The van der Waals surface area contributed by atoms with E-state index in [2.05, 4.69) is 20.9 Å². The molecule has 11 nitrogen and oxygen atoms in total. The average molecular weight is 508 g/mol. The lowest BCUT2D eigenvalue weighted by Crippen LogP contribution is -2.57. The molecule has 0 spiro atoms. The molecule has 1 aromatic carbocycles. The lowest BCUT2D eigenvalue weighted by molar-refractivity contribution is -0.145. The zero-order chi connectivity index (χ0) is 26.1. The normalized spacial score (nSPS) is 15.5. The van der Waals surface area contributed by atoms with Gasteiger partial charge in [0.15, 0.2) is 6.04 Å². The van der Waals surface area contributed by atoms with Crippen LogP contribution in [0.3, 0.4) is 0 Å². The van der Waals surface area contributed by atoms with Gasteiger partial charge in [-0.1, -0.05) is 18.2 Å². The third kappa shape index (κ3) is 7.98. The number of thioether (sulfide) groups is 1. The number of hydrogen-bond acceptors (Lipinski definition) is 7. The Balaban J connectivity index is 1.98. The number of nitrogens with two attached hydrogens (primary N) is 1. The summed E-state index contributed by atoms with van der Waals surface area (Å²) >= 11 is 1.45. The number of H-pyrrole nitrogens is 1. The zero-order valence-electron chi connectivity index (χ0n) is 19.9. The molecule has 0 fully saturated rings. The van der Waals surface area contributed by atoms with Crippen molar-refractivity contribution in [3.8, 4) is 0 Å². The summed E-state index contributed by atoms with van der Waals surface area (Å²) in [4.78, 5) is 52.3. The van der Waals surface area contributed by atoms with Crippen LogP contribution >= 0.6 is 11.8 Å². The number of aliphatic hydroxyl groups excluding tert-OH is 1. The Hall–Kier alpha value is -3.09. The number of para-hydroxylation sites is 1. The maximum absolute atomic E-state index is 12.7. The average Bonchev–Trinajstić information content (AvgIpc) is 3.21. The van der Waals surface area contributed by atoms with Crippen LogP contribution in [0.5, 0.6) is 0 Å². The van der Waals surface area contributed by atoms with Gasteiger partial charge in [0.25, 0.3) is 0 Å². The minimum Gasteiger partial charge on any atom is -0.480 e. The van der Waals surface area contributed by atoms with Crippen molar-refractivity contribution in [2.45, 2.75) is 57.0 Å². The van der Waals surface area contributed by atoms with E-state index in [-0.39, 0.29) is 12.8 Å². The quantitative estimate of drug-likeness (QED) is 0.193. The van der Waals surface area contributed by atoms with Crippen molar-refractivity contribution in [3.63, 3.8) is 0 Å². The fraction of sp³-hybridized carbons (Fsp3) is 0.478. The van der Waals surface area contributed by atoms with E-state index in [1.807, 2.05) is 30.5 Å². The first-order valence-corrected chi connectivity index (χ1v) is 12.6. The van der Waals surface area contributed by atoms with Gasteiger partial charge < -0.3 is 36.9 Å². The number of benzene rings is 1. The summed E-state index contributed by atoms with van der Waals surface area (Å²) in [5, 5.41) is 27.1. The number of nitrogens with one attached hydrogen (secondary N) is 4. The number of carboxylic acids is 1. The first kappa shape index (κ1) is 28.1. The molecule has 12 heteroatoms. The molecule has 1 heterocycles. The lowest BCUT2D eigenvalue weighted by atomic mass is 10.0. The topological polar surface area (TPSA) is 187 Å². The molecule has 0 aliphatic heterocycles. The largest absolute Gasteiger partial charge is 0.480 e. The van der Waals surface area contributed by atoms with E-state index in [4.69, 9.17) is 5.73 Å². The number of carbonyl (C=O) groups excluding carboxylic acids is 3. The standard InChI is InChI=1S/C23H33N5O6S/c1-12(26-21(31)16(24)10-14-11-25-17-7-5-4-6-15(14)17)20(30)27-18(8-9-35-3)22(32)28-19(13(2)29)23(33)34/h4-7,11-13,16,18-19,25,29H,8-10,24H2,1-3H3,(H,26,31)(H,27,30)(H,28,32)(H,33,34). The molecule has 0 aliphatic carbocycles. The van der Waals surface area contributed by atoms with E-state index in [0.29, 0.717) is 5.75 Å². The van der Waals surface area contributed by atoms with Crippen molar-refractivity contribution in [3.05, 3.63) is 36.0 Å². The molecule has 0 bridgehead atoms. The van der Waals surface area contributed by atoms with Crippen LogP contribution in [0, 0.1) is 0 Å². The van der Waals surface area contributed by atoms with E-state index in [9.17, 15) is 29.4 Å². The van der Waals surface area contributed by atoms with Gasteiger partial charge in [-0.2, -0.15) is 11.8 Å². The number of fused-ring (bicyclic) bond motifs is 1. The van der Waals surface area contributed by atoms with Gasteiger partial charge in [-0.15, -0.1) is 0 Å². The minimum absolute atomic E-state index is 0.228. The number of aromatic nitrogens is 1. The van der Waals surface area contributed by atoms with E-state index < -0.39 is 54.0 Å². The first-order chi connectivity index (χ1) is 16.5. The van der Waals surface area contributed by atoms with Gasteiger partial charge in [-0.25, -0.2) is 4.79 Å². The van der Waals surface area contributed by atoms with Gasteiger partial charge in [-0.3, -0.25) is 14.4 Å². The number of aliphatic carboxylic acids is 1. The number of carboxylic acid groups (broad SMARTS) is 1. The summed E-state index contributed by atoms with van der Waals surface area (Å²) in [5.41, 5.74) is 7.87. The van der Waals surface area contributed by atoms with Crippen molar-refractivity contribution in [1.29, 1.82) is 0 Å². The molecular weight excluding hydrogens is 474 g/mol. The van der Waals surface area contributed by atoms with Gasteiger partial charge in [0.1, 0.15) is 12.1 Å². The lowest BCUT2D eigenvalue weighted by Gasteiger charge is -2.24. The molecule has 0 saturated carbocycles. The van der Waals surface area contributed by atoms with Gasteiger partial charge in [0.05, 0.1) is 12.1 Å². The van der Waals surface area contributed by atoms with Crippen LogP contribution in [-0.4, -0.2) is 81.2 Å². The molecular formula is C23H33N5O6S. The highest BCUT2D eigenvalue weighted by molar-refractivity contribution is 7.98. The number of hydrogen-bond donors (Lipinski definition) is 7. The van der Waals surface area contributed by atoms with Crippen LogP contribution in [0.15, 0.2) is 30.5 Å². The first-order valence-electron chi connectivity index (χ1n) is 11.2. The number of amides is 3. The minimum atomic E-state index is -1.52. The van der Waals surface area contributed by atoms with Gasteiger partial charge in [0, 0.05) is 17.1 Å². The third-order valence-corrected chi connectivity index (χ3v) is 6.14. The molecule has 5 atom stereocenters. The monoisotopic (exact) mass is 507 g/mol. The highest BCUT2D eigenvalue weighted by Gasteiger charge is 2.30. The summed E-state index contributed by atoms with van der Waals surface area (Å²) in [5.74, 6) is -2.77. The maximum Gasteiger partial charge on any atom is 0.328 e. The van der Waals surface area contributed by atoms with Crippen molar-refractivity contribution in [2.24, 2.45) is 5.73 Å². The Kier molecular flexibility index (Phi) is 10.6. The van der Waals surface area contributed by atoms with Crippen molar-refractivity contribution in [1.82, 2.24) is 20.9 Å². The zero-order valence-corrected chi connectivity index (χ0v) is 20.7. The Morgan fingerprint density at radius 3 is 2.37 bits per heavy atom. The second-order valence-electron chi connectivity index (χ2n) is 8.31. The molecule has 2 rings (SSSR count). The van der Waals surface area contributed by atoms with Gasteiger partial charge >= 0.3 is 5.97 Å². The second-order valence-corrected chi connectivity index (χ2v) is 9.29. The predicted molar refractivity (Wildman–Crippen MR) is 134 cm³/mol. The van der Waals surface area contributed by atoms with Crippen LogP contribution in [0.2, 0.25) is 0 Å². The predicted octanol–water partition coefficient (Wildman–Crippen LogP) is -0.269. The van der Waals surface area contributed by atoms with E-state index in [1.165, 1.54) is 25.6 Å². The molecule has 8 N–H and O–H groups in total. The summed E-state index contributed by atoms with van der Waals surface area (Å²) in [7, 11) is 0. The Morgan fingerprint density at radius 1 is 1.06 bits per heavy atom. The Morgan fingerprint density at radius 2 is 1.74 bits per heavy atom. The van der Waals surface area contributed by atoms with Crippen LogP contribution in [0.1, 0.15) is 25.8 Å². The molecule has 35 heavy (non-hydrogen) atoms. The number of aliphatic hydroxyl groups is 1. The number of aromatic amines is 1. The van der Waals surface area contributed by atoms with E-state index in [1.54, 1.807) is 6.20 Å². The molecule has 1 aromatic heterocycles. The molecule has 3 amide bonds. The summed E-state index contributed by atoms with van der Waals surface area (Å²) < 4.78 is 0. The Bertz CT molecular complexity index is 1040. The SMILES string of the molecule is CSCCC(NC(=O)C(C)NC(=O)C(N)Cc1c[nH]c2ccccc12)C(=O)NC(C(=O)O)C(C)O. The fourth-order valence-electron chi connectivity index (χ4n) is 3.46. The molecule has 0 saturated heterocycles. The number of carbonyl (C=O) groups is 4. The van der Waals surface area contributed by atoms with Crippen LogP contribution in [-0.2, 0) is 25.6 Å². The van der Waals surface area contributed by atoms with Crippen LogP contribution in [0.25, 0.3) is 10.9 Å². The van der Waals surface area contributed by atoms with Crippen LogP contribution < -0.4 is 21.7 Å². The fourth-order valence-corrected chi connectivity index (χ4v) is 3.93.